The molecule has 6 nitrogen and oxygen atoms in total. The molecule has 3 aromatic rings. The lowest BCUT2D eigenvalue weighted by Crippen LogP contribution is -2.30. The quantitative estimate of drug-likeness (QED) is 0.745. The Balaban J connectivity index is 1.59. The molecular formula is C17H14F3N3O3. The third-order valence-electron chi connectivity index (χ3n) is 3.36. The van der Waals surface area contributed by atoms with E-state index >= 15 is 0 Å². The summed E-state index contributed by atoms with van der Waals surface area (Å²) >= 11 is 0. The molecule has 0 saturated heterocycles. The zero-order chi connectivity index (χ0) is 18.7. The van der Waals surface area contributed by atoms with Gasteiger partial charge in [-0.1, -0.05) is 12.1 Å². The molecule has 1 heterocycles. The smallest absolute Gasteiger partial charge is 0.423 e. The van der Waals surface area contributed by atoms with Crippen LogP contribution in [-0.2, 0) is 4.79 Å². The lowest BCUT2D eigenvalue weighted by molar-refractivity contribution is -0.274. The molecule has 0 bridgehead atoms. The first kappa shape index (κ1) is 17.6. The number of benzene rings is 2. The minimum Gasteiger partial charge on any atom is -0.423 e. The molecule has 0 aliphatic rings. The molecule has 0 aliphatic heterocycles. The topological polar surface area (TPSA) is 67.6 Å². The fourth-order valence-corrected chi connectivity index (χ4v) is 2.25. The zero-order valence-corrected chi connectivity index (χ0v) is 13.6. The van der Waals surface area contributed by atoms with Crippen molar-refractivity contribution in [2.75, 3.05) is 23.8 Å². The summed E-state index contributed by atoms with van der Waals surface area (Å²) in [5.41, 5.74) is 1.63. The third-order valence-corrected chi connectivity index (χ3v) is 3.36. The van der Waals surface area contributed by atoms with Gasteiger partial charge in [0.25, 0.3) is 6.01 Å². The van der Waals surface area contributed by atoms with E-state index in [1.165, 1.54) is 17.0 Å². The maximum Gasteiger partial charge on any atom is 0.573 e. The van der Waals surface area contributed by atoms with Gasteiger partial charge in [-0.3, -0.25) is 4.79 Å². The predicted octanol–water partition coefficient (Wildman–Crippen LogP) is 3.80. The minimum atomic E-state index is -4.76. The number of para-hydroxylation sites is 2. The van der Waals surface area contributed by atoms with Crippen LogP contribution in [0.3, 0.4) is 0 Å². The number of hydrogen-bond acceptors (Lipinski definition) is 5. The van der Waals surface area contributed by atoms with Crippen molar-refractivity contribution in [2.24, 2.45) is 0 Å². The molecule has 1 N–H and O–H groups in total. The Kier molecular flexibility index (Phi) is 4.70. The van der Waals surface area contributed by atoms with E-state index in [2.05, 4.69) is 15.0 Å². The lowest BCUT2D eigenvalue weighted by atomic mass is 10.3. The van der Waals surface area contributed by atoms with Gasteiger partial charge in [0.15, 0.2) is 5.58 Å². The van der Waals surface area contributed by atoms with Crippen molar-refractivity contribution in [1.29, 1.82) is 0 Å². The zero-order valence-electron chi connectivity index (χ0n) is 13.6. The van der Waals surface area contributed by atoms with E-state index in [0.29, 0.717) is 16.8 Å². The van der Waals surface area contributed by atoms with Crippen LogP contribution in [0.2, 0.25) is 0 Å². The van der Waals surface area contributed by atoms with Gasteiger partial charge in [0.2, 0.25) is 5.91 Å². The second-order valence-corrected chi connectivity index (χ2v) is 5.44. The number of rotatable bonds is 5. The van der Waals surface area contributed by atoms with Crippen LogP contribution in [0.4, 0.5) is 24.9 Å². The summed E-state index contributed by atoms with van der Waals surface area (Å²) in [6.45, 7) is -0.0480. The van der Waals surface area contributed by atoms with E-state index in [-0.39, 0.29) is 24.2 Å². The monoisotopic (exact) mass is 365 g/mol. The van der Waals surface area contributed by atoms with Gasteiger partial charge in [0.05, 0.1) is 0 Å². The first-order valence-electron chi connectivity index (χ1n) is 7.52. The number of halogens is 3. The molecule has 0 spiro atoms. The van der Waals surface area contributed by atoms with Crippen molar-refractivity contribution in [3.05, 3.63) is 48.5 Å². The largest absolute Gasteiger partial charge is 0.573 e. The number of nitrogens with zero attached hydrogens (tertiary/aromatic N) is 2. The molecule has 3 rings (SSSR count). The van der Waals surface area contributed by atoms with Crippen molar-refractivity contribution in [3.63, 3.8) is 0 Å². The van der Waals surface area contributed by atoms with E-state index in [4.69, 9.17) is 4.42 Å². The molecule has 0 aliphatic carbocycles. The van der Waals surface area contributed by atoms with Crippen LogP contribution in [0, 0.1) is 0 Å². The Morgan fingerprint density at radius 1 is 1.19 bits per heavy atom. The maximum atomic E-state index is 12.1. The Labute approximate surface area is 146 Å². The van der Waals surface area contributed by atoms with Gasteiger partial charge in [-0.2, -0.15) is 4.98 Å². The Hall–Kier alpha value is -3.23. The number of nitrogens with one attached hydrogen (secondary N) is 1. The fraction of sp³-hybridized carbons (Fsp3) is 0.176. The van der Waals surface area contributed by atoms with Gasteiger partial charge in [-0.15, -0.1) is 13.2 Å². The Bertz CT molecular complexity index is 874. The number of oxazole rings is 1. The first-order valence-corrected chi connectivity index (χ1v) is 7.52. The average molecular weight is 365 g/mol. The molecule has 1 amide bonds. The number of carbonyl (C=O) groups is 1. The summed E-state index contributed by atoms with van der Waals surface area (Å²) in [6, 6.07) is 12.4. The van der Waals surface area contributed by atoms with Gasteiger partial charge in [-0.25, -0.2) is 0 Å². The third kappa shape index (κ3) is 4.44. The van der Waals surface area contributed by atoms with Crippen molar-refractivity contribution in [2.45, 2.75) is 6.36 Å². The summed E-state index contributed by atoms with van der Waals surface area (Å²) in [4.78, 5) is 17.9. The number of alkyl halides is 3. The molecule has 0 atom stereocenters. The van der Waals surface area contributed by atoms with Crippen LogP contribution in [0.15, 0.2) is 52.9 Å². The van der Waals surface area contributed by atoms with E-state index in [0.717, 1.165) is 12.1 Å². The molecule has 0 unspecified atom stereocenters. The fourth-order valence-electron chi connectivity index (χ4n) is 2.25. The molecule has 26 heavy (non-hydrogen) atoms. The number of hydrogen-bond donors (Lipinski definition) is 1. The number of anilines is 2. The molecule has 136 valence electrons. The van der Waals surface area contributed by atoms with Gasteiger partial charge in [0, 0.05) is 12.7 Å². The van der Waals surface area contributed by atoms with Crippen LogP contribution in [-0.4, -0.2) is 30.8 Å². The van der Waals surface area contributed by atoms with Crippen LogP contribution >= 0.6 is 0 Å². The van der Waals surface area contributed by atoms with E-state index < -0.39 is 6.36 Å². The van der Waals surface area contributed by atoms with Gasteiger partial charge < -0.3 is 19.4 Å². The molecular weight excluding hydrogens is 351 g/mol. The van der Waals surface area contributed by atoms with Crippen LogP contribution in [0.25, 0.3) is 11.1 Å². The number of likely N-dealkylation sites (N-methyl/N-ethyl adjacent to an activating group) is 1. The lowest BCUT2D eigenvalue weighted by Gasteiger charge is -2.14. The standard InChI is InChI=1S/C17H14F3N3O3/c1-23(16-22-13-4-2-3-5-14(13)25-16)10-15(24)21-11-6-8-12(9-7-11)26-17(18,19)20/h2-9H,10H2,1H3,(H,21,24). The Morgan fingerprint density at radius 3 is 2.54 bits per heavy atom. The first-order chi connectivity index (χ1) is 12.3. The highest BCUT2D eigenvalue weighted by Crippen LogP contribution is 2.24. The minimum absolute atomic E-state index is 0.0480. The summed E-state index contributed by atoms with van der Waals surface area (Å²) in [5, 5.41) is 2.58. The SMILES string of the molecule is CN(CC(=O)Nc1ccc(OC(F)(F)F)cc1)c1nc2ccccc2o1. The van der Waals surface area contributed by atoms with E-state index in [1.54, 1.807) is 19.2 Å². The maximum absolute atomic E-state index is 12.1. The van der Waals surface area contributed by atoms with Crippen molar-refractivity contribution in [3.8, 4) is 5.75 Å². The summed E-state index contributed by atoms with van der Waals surface area (Å²) in [6.07, 6.45) is -4.76. The second kappa shape index (κ2) is 6.95. The van der Waals surface area contributed by atoms with Gasteiger partial charge >= 0.3 is 6.36 Å². The molecule has 0 radical (unpaired) electrons. The van der Waals surface area contributed by atoms with E-state index in [9.17, 15) is 18.0 Å². The normalized spacial score (nSPS) is 11.4. The van der Waals surface area contributed by atoms with Gasteiger partial charge in [0.1, 0.15) is 17.8 Å². The molecule has 1 aromatic heterocycles. The number of fused-ring (bicyclic) bond motifs is 1. The van der Waals surface area contributed by atoms with E-state index in [1.807, 2.05) is 12.1 Å². The van der Waals surface area contributed by atoms with Crippen LogP contribution < -0.4 is 15.0 Å². The highest BCUT2D eigenvalue weighted by atomic mass is 19.4. The molecule has 0 fully saturated rings. The molecule has 2 aromatic carbocycles. The molecule has 9 heteroatoms. The summed E-state index contributed by atoms with van der Waals surface area (Å²) in [7, 11) is 1.64. The van der Waals surface area contributed by atoms with Crippen LogP contribution in [0.5, 0.6) is 5.75 Å². The van der Waals surface area contributed by atoms with Crippen LogP contribution in [0.1, 0.15) is 0 Å². The molecule has 0 saturated carbocycles. The van der Waals surface area contributed by atoms with Crippen molar-refractivity contribution >= 4 is 28.7 Å². The number of ether oxygens (including phenoxy) is 1. The van der Waals surface area contributed by atoms with Gasteiger partial charge in [-0.05, 0) is 36.4 Å². The number of aromatic nitrogens is 1. The van der Waals surface area contributed by atoms with Crippen molar-refractivity contribution < 1.29 is 27.1 Å². The van der Waals surface area contributed by atoms with Crippen molar-refractivity contribution in [1.82, 2.24) is 4.98 Å². The highest BCUT2D eigenvalue weighted by Gasteiger charge is 2.30. The second-order valence-electron chi connectivity index (χ2n) is 5.44. The predicted molar refractivity (Wildman–Crippen MR) is 89.0 cm³/mol. The Morgan fingerprint density at radius 2 is 1.88 bits per heavy atom. The average Bonchev–Trinajstić information content (AvgIpc) is 2.99. The number of amides is 1. The number of carbonyl (C=O) groups excluding carboxylic acids is 1. The summed E-state index contributed by atoms with van der Waals surface area (Å²) < 4.78 is 45.7. The summed E-state index contributed by atoms with van der Waals surface area (Å²) in [5.74, 6) is -0.738. The highest BCUT2D eigenvalue weighted by molar-refractivity contribution is 5.93.